The molecule has 3 aromatic rings. The van der Waals surface area contributed by atoms with E-state index in [9.17, 15) is 13.9 Å². The zero-order valence-corrected chi connectivity index (χ0v) is 16.7. The first-order valence-corrected chi connectivity index (χ1v) is 10.1. The summed E-state index contributed by atoms with van der Waals surface area (Å²) in [5.74, 6) is 1.00. The zero-order chi connectivity index (χ0) is 21.4. The lowest BCUT2D eigenvalue weighted by atomic mass is 10.2. The summed E-state index contributed by atoms with van der Waals surface area (Å²) in [7, 11) is 0. The molecule has 11 heteroatoms. The van der Waals surface area contributed by atoms with Crippen LogP contribution in [0.15, 0.2) is 30.6 Å². The number of phenolic OH excluding ortho intramolecular Hbond substituents is 1. The average molecular weight is 432 g/mol. The Hall–Kier alpha value is -3.05. The highest BCUT2D eigenvalue weighted by molar-refractivity contribution is 5.78. The van der Waals surface area contributed by atoms with E-state index in [2.05, 4.69) is 19.9 Å². The summed E-state index contributed by atoms with van der Waals surface area (Å²) in [6, 6.07) is 6.31. The van der Waals surface area contributed by atoms with Gasteiger partial charge < -0.3 is 24.4 Å². The van der Waals surface area contributed by atoms with Crippen LogP contribution in [0, 0.1) is 0 Å². The third-order valence-corrected chi connectivity index (χ3v) is 5.56. The molecule has 4 heterocycles. The Morgan fingerprint density at radius 1 is 1.00 bits per heavy atom. The minimum Gasteiger partial charge on any atom is -0.508 e. The van der Waals surface area contributed by atoms with E-state index >= 15 is 0 Å². The number of aromatic hydroxyl groups is 1. The van der Waals surface area contributed by atoms with E-state index in [0.29, 0.717) is 43.2 Å². The van der Waals surface area contributed by atoms with Gasteiger partial charge in [-0.2, -0.15) is 0 Å². The van der Waals surface area contributed by atoms with E-state index in [1.165, 1.54) is 23.0 Å². The van der Waals surface area contributed by atoms with Gasteiger partial charge in [-0.15, -0.1) is 0 Å². The fourth-order valence-electron chi connectivity index (χ4n) is 4.10. The Morgan fingerprint density at radius 2 is 1.77 bits per heavy atom. The molecule has 1 unspecified atom stereocenters. The number of aromatic nitrogens is 4. The van der Waals surface area contributed by atoms with Crippen molar-refractivity contribution in [3.8, 4) is 5.75 Å². The standard InChI is InChI=1S/C20H22F2N6O3/c21-19(22)20-25-14-9-13(29)1-2-15(14)28(20)18-11-31-8-5-27(18)17-10-16(23-12-24-17)26-3-6-30-7-4-26/h1-2,9-10,12,18-19,29H,3-8,11H2. The third kappa shape index (κ3) is 3.74. The van der Waals surface area contributed by atoms with E-state index in [0.717, 1.165) is 18.9 Å². The molecule has 2 aromatic heterocycles. The van der Waals surface area contributed by atoms with Gasteiger partial charge in [0.25, 0.3) is 6.43 Å². The van der Waals surface area contributed by atoms with E-state index in [4.69, 9.17) is 9.47 Å². The Balaban J connectivity index is 1.56. The summed E-state index contributed by atoms with van der Waals surface area (Å²) in [6.07, 6.45) is -1.86. The lowest BCUT2D eigenvalue weighted by Gasteiger charge is -2.38. The maximum absolute atomic E-state index is 13.9. The lowest BCUT2D eigenvalue weighted by molar-refractivity contribution is 0.0654. The number of hydrogen-bond acceptors (Lipinski definition) is 8. The summed E-state index contributed by atoms with van der Waals surface area (Å²) in [5.41, 5.74) is 0.800. The van der Waals surface area contributed by atoms with Crippen LogP contribution in [0.2, 0.25) is 0 Å². The summed E-state index contributed by atoms with van der Waals surface area (Å²) < 4.78 is 40.4. The summed E-state index contributed by atoms with van der Waals surface area (Å²) >= 11 is 0. The van der Waals surface area contributed by atoms with Crippen molar-refractivity contribution in [2.45, 2.75) is 12.6 Å². The number of imidazole rings is 1. The van der Waals surface area contributed by atoms with E-state index < -0.39 is 12.6 Å². The number of benzene rings is 1. The summed E-state index contributed by atoms with van der Waals surface area (Å²) in [4.78, 5) is 17.0. The van der Waals surface area contributed by atoms with Crippen molar-refractivity contribution in [1.82, 2.24) is 19.5 Å². The van der Waals surface area contributed by atoms with Crippen LogP contribution in [0.3, 0.4) is 0 Å². The van der Waals surface area contributed by atoms with Crippen molar-refractivity contribution in [3.63, 3.8) is 0 Å². The normalized spacial score (nSPS) is 20.0. The predicted octanol–water partition coefficient (Wildman–Crippen LogP) is 2.34. The number of phenols is 1. The van der Waals surface area contributed by atoms with Gasteiger partial charge in [-0.1, -0.05) is 0 Å². The Bertz CT molecular complexity index is 1070. The van der Waals surface area contributed by atoms with E-state index in [1.54, 1.807) is 6.07 Å². The monoisotopic (exact) mass is 432 g/mol. The molecule has 0 radical (unpaired) electrons. The van der Waals surface area contributed by atoms with Gasteiger partial charge in [-0.05, 0) is 12.1 Å². The number of fused-ring (bicyclic) bond motifs is 1. The topological polar surface area (TPSA) is 88.8 Å². The van der Waals surface area contributed by atoms with Crippen LogP contribution < -0.4 is 9.80 Å². The molecule has 1 atom stereocenters. The molecule has 164 valence electrons. The molecule has 0 aliphatic carbocycles. The maximum atomic E-state index is 13.9. The highest BCUT2D eigenvalue weighted by atomic mass is 19.3. The van der Waals surface area contributed by atoms with Gasteiger partial charge in [0.05, 0.1) is 37.5 Å². The van der Waals surface area contributed by atoms with Crippen LogP contribution in [0.5, 0.6) is 5.75 Å². The molecule has 0 saturated carbocycles. The van der Waals surface area contributed by atoms with Gasteiger partial charge in [0.2, 0.25) is 0 Å². The van der Waals surface area contributed by atoms with Gasteiger partial charge in [0.15, 0.2) is 5.82 Å². The molecule has 0 bridgehead atoms. The molecule has 0 spiro atoms. The fraction of sp³-hybridized carbons (Fsp3) is 0.450. The molecule has 0 amide bonds. The zero-order valence-electron chi connectivity index (χ0n) is 16.7. The van der Waals surface area contributed by atoms with Crippen LogP contribution in [0.4, 0.5) is 20.4 Å². The van der Waals surface area contributed by atoms with Crippen LogP contribution in [-0.4, -0.2) is 70.7 Å². The molecule has 2 aliphatic heterocycles. The van der Waals surface area contributed by atoms with Crippen LogP contribution in [-0.2, 0) is 9.47 Å². The number of nitrogens with zero attached hydrogens (tertiary/aromatic N) is 6. The highest BCUT2D eigenvalue weighted by Crippen LogP contribution is 2.34. The molecule has 2 fully saturated rings. The highest BCUT2D eigenvalue weighted by Gasteiger charge is 2.32. The quantitative estimate of drug-likeness (QED) is 0.672. The SMILES string of the molecule is Oc1ccc2c(c1)nc(C(F)F)n2C1COCCN1c1cc(N2CCOCC2)ncn1. The Morgan fingerprint density at radius 3 is 2.58 bits per heavy atom. The molecular weight excluding hydrogens is 410 g/mol. The molecule has 9 nitrogen and oxygen atoms in total. The fourth-order valence-corrected chi connectivity index (χ4v) is 4.10. The van der Waals surface area contributed by atoms with Gasteiger partial charge >= 0.3 is 0 Å². The molecule has 31 heavy (non-hydrogen) atoms. The van der Waals surface area contributed by atoms with Gasteiger partial charge in [0, 0.05) is 31.8 Å². The minimum absolute atomic E-state index is 0.0272. The largest absolute Gasteiger partial charge is 0.508 e. The second-order valence-electron chi connectivity index (χ2n) is 7.40. The van der Waals surface area contributed by atoms with Crippen molar-refractivity contribution in [3.05, 3.63) is 36.4 Å². The van der Waals surface area contributed by atoms with Gasteiger partial charge in [-0.25, -0.2) is 23.7 Å². The summed E-state index contributed by atoms with van der Waals surface area (Å²) in [6.45, 7) is 3.84. The number of anilines is 2. The molecule has 2 aliphatic rings. The molecule has 1 N–H and O–H groups in total. The van der Waals surface area contributed by atoms with Crippen molar-refractivity contribution in [1.29, 1.82) is 0 Å². The van der Waals surface area contributed by atoms with Crippen LogP contribution >= 0.6 is 0 Å². The lowest BCUT2D eigenvalue weighted by Crippen LogP contribution is -2.44. The first kappa shape index (κ1) is 19.9. The van der Waals surface area contributed by atoms with Crippen LogP contribution in [0.1, 0.15) is 18.4 Å². The third-order valence-electron chi connectivity index (χ3n) is 5.56. The average Bonchev–Trinajstić information content (AvgIpc) is 3.18. The number of hydrogen-bond donors (Lipinski definition) is 1. The molecular formula is C20H22F2N6O3. The first-order valence-electron chi connectivity index (χ1n) is 10.1. The number of ether oxygens (including phenoxy) is 2. The molecule has 1 aromatic carbocycles. The maximum Gasteiger partial charge on any atom is 0.295 e. The second-order valence-corrected chi connectivity index (χ2v) is 7.40. The van der Waals surface area contributed by atoms with Crippen molar-refractivity contribution in [2.24, 2.45) is 0 Å². The number of halogens is 2. The van der Waals surface area contributed by atoms with Crippen LogP contribution in [0.25, 0.3) is 11.0 Å². The second kappa shape index (κ2) is 8.23. The Labute approximate surface area is 176 Å². The van der Waals surface area contributed by atoms with Gasteiger partial charge in [-0.3, -0.25) is 4.57 Å². The van der Waals surface area contributed by atoms with Crippen molar-refractivity contribution in [2.75, 3.05) is 55.9 Å². The van der Waals surface area contributed by atoms with E-state index in [1.807, 2.05) is 11.0 Å². The molecule has 2 saturated heterocycles. The Kier molecular flexibility index (Phi) is 5.28. The van der Waals surface area contributed by atoms with E-state index in [-0.39, 0.29) is 18.2 Å². The van der Waals surface area contributed by atoms with Crippen molar-refractivity contribution >= 4 is 22.7 Å². The van der Waals surface area contributed by atoms with Gasteiger partial charge in [0.1, 0.15) is 29.9 Å². The smallest absolute Gasteiger partial charge is 0.295 e. The summed E-state index contributed by atoms with van der Waals surface area (Å²) in [5, 5.41) is 9.76. The molecule has 5 rings (SSSR count). The number of alkyl halides is 2. The first-order chi connectivity index (χ1) is 15.1. The van der Waals surface area contributed by atoms with Crippen molar-refractivity contribution < 1.29 is 23.4 Å². The predicted molar refractivity (Wildman–Crippen MR) is 109 cm³/mol. The minimum atomic E-state index is -2.78. The number of rotatable bonds is 4. The number of morpholine rings is 2.